The first-order chi connectivity index (χ1) is 6.33. The molecule has 0 heterocycles. The van der Waals surface area contributed by atoms with Crippen LogP contribution in [0.3, 0.4) is 0 Å². The molecule has 1 rings (SSSR count). The maximum absolute atomic E-state index is 5.72. The molecule has 1 nitrogen and oxygen atoms in total. The third-order valence-electron chi connectivity index (χ3n) is 2.28. The van der Waals surface area contributed by atoms with Gasteiger partial charge in [0.15, 0.2) is 4.67 Å². The summed E-state index contributed by atoms with van der Waals surface area (Å²) in [5, 5.41) is 0. The Balaban J connectivity index is 2.25. The second kappa shape index (κ2) is 6.25. The fourth-order valence-electron chi connectivity index (χ4n) is 1.57. The van der Waals surface area contributed by atoms with Gasteiger partial charge in [-0.15, -0.1) is 6.58 Å². The molecule has 1 aliphatic carbocycles. The number of rotatable bonds is 4. The number of halogens is 1. The lowest BCUT2D eigenvalue weighted by atomic mass is 9.98. The third-order valence-corrected chi connectivity index (χ3v) is 2.79. The highest BCUT2D eigenvalue weighted by molar-refractivity contribution is 9.11. The summed E-state index contributed by atoms with van der Waals surface area (Å²) in [5.41, 5.74) is 0. The molecule has 2 heteroatoms. The Morgan fingerprint density at radius 3 is 2.69 bits per heavy atom. The smallest absolute Gasteiger partial charge is 0.158 e. The van der Waals surface area contributed by atoms with Crippen molar-refractivity contribution in [2.75, 3.05) is 0 Å². The monoisotopic (exact) mass is 244 g/mol. The van der Waals surface area contributed by atoms with Gasteiger partial charge in [-0.25, -0.2) is 0 Å². The SMILES string of the molecule is C=CC/C=C(/Br)OC1CCCCC1. The summed E-state index contributed by atoms with van der Waals surface area (Å²) in [5.74, 6) is 0. The number of ether oxygens (including phenoxy) is 1. The van der Waals surface area contributed by atoms with Gasteiger partial charge in [0.25, 0.3) is 0 Å². The zero-order valence-electron chi connectivity index (χ0n) is 7.97. The molecule has 0 amide bonds. The molecule has 74 valence electrons. The fraction of sp³-hybridized carbons (Fsp3) is 0.636. The zero-order valence-corrected chi connectivity index (χ0v) is 9.55. The maximum Gasteiger partial charge on any atom is 0.158 e. The lowest BCUT2D eigenvalue weighted by Gasteiger charge is -2.22. The number of allylic oxidation sites excluding steroid dienone is 2. The van der Waals surface area contributed by atoms with Crippen molar-refractivity contribution in [2.45, 2.75) is 44.6 Å². The molecule has 0 N–H and O–H groups in total. The molecule has 13 heavy (non-hydrogen) atoms. The molecule has 0 aromatic heterocycles. The minimum atomic E-state index is 0.434. The normalized spacial score (nSPS) is 19.9. The van der Waals surface area contributed by atoms with E-state index in [1.807, 2.05) is 12.2 Å². The van der Waals surface area contributed by atoms with Crippen molar-refractivity contribution in [2.24, 2.45) is 0 Å². The van der Waals surface area contributed by atoms with Crippen LogP contribution in [0, 0.1) is 0 Å². The second-order valence-electron chi connectivity index (χ2n) is 3.41. The molecule has 0 unspecified atom stereocenters. The minimum absolute atomic E-state index is 0.434. The van der Waals surface area contributed by atoms with Crippen molar-refractivity contribution in [1.82, 2.24) is 0 Å². The largest absolute Gasteiger partial charge is 0.484 e. The van der Waals surface area contributed by atoms with Gasteiger partial charge in [0.1, 0.15) is 0 Å². The van der Waals surface area contributed by atoms with Crippen LogP contribution in [-0.2, 0) is 4.74 Å². The van der Waals surface area contributed by atoms with Crippen LogP contribution in [0.2, 0.25) is 0 Å². The Morgan fingerprint density at radius 1 is 1.38 bits per heavy atom. The Morgan fingerprint density at radius 2 is 2.08 bits per heavy atom. The van der Waals surface area contributed by atoms with Crippen LogP contribution < -0.4 is 0 Å². The van der Waals surface area contributed by atoms with E-state index in [0.717, 1.165) is 11.1 Å². The van der Waals surface area contributed by atoms with Crippen LogP contribution in [0.4, 0.5) is 0 Å². The van der Waals surface area contributed by atoms with E-state index in [1.54, 1.807) is 0 Å². The van der Waals surface area contributed by atoms with Crippen LogP contribution in [0.15, 0.2) is 23.4 Å². The van der Waals surface area contributed by atoms with Gasteiger partial charge in [0.05, 0.1) is 6.10 Å². The van der Waals surface area contributed by atoms with Crippen molar-refractivity contribution < 1.29 is 4.74 Å². The average molecular weight is 245 g/mol. The van der Waals surface area contributed by atoms with E-state index in [0.29, 0.717) is 6.10 Å². The van der Waals surface area contributed by atoms with Gasteiger partial charge >= 0.3 is 0 Å². The predicted molar refractivity (Wildman–Crippen MR) is 59.8 cm³/mol. The summed E-state index contributed by atoms with van der Waals surface area (Å²) in [4.78, 5) is 0. The topological polar surface area (TPSA) is 9.23 Å². The molecule has 0 aromatic carbocycles. The lowest BCUT2D eigenvalue weighted by Crippen LogP contribution is -2.14. The van der Waals surface area contributed by atoms with Crippen molar-refractivity contribution in [3.8, 4) is 0 Å². The molecule has 1 aliphatic rings. The molecule has 0 aliphatic heterocycles. The van der Waals surface area contributed by atoms with E-state index in [1.165, 1.54) is 32.1 Å². The first-order valence-electron chi connectivity index (χ1n) is 4.96. The summed E-state index contributed by atoms with van der Waals surface area (Å²) in [6.45, 7) is 3.66. The Bertz CT molecular complexity index is 181. The molecule has 0 atom stereocenters. The van der Waals surface area contributed by atoms with Gasteiger partial charge in [-0.2, -0.15) is 0 Å². The summed E-state index contributed by atoms with van der Waals surface area (Å²) < 4.78 is 6.60. The second-order valence-corrected chi connectivity index (χ2v) is 4.19. The Hall–Kier alpha value is -0.240. The summed E-state index contributed by atoms with van der Waals surface area (Å²) in [7, 11) is 0. The molecule has 0 spiro atoms. The molecule has 0 radical (unpaired) electrons. The van der Waals surface area contributed by atoms with Crippen molar-refractivity contribution in [3.63, 3.8) is 0 Å². The standard InChI is InChI=1S/C11H17BrO/c1-2-3-9-11(12)13-10-7-5-4-6-8-10/h2,9-10H,1,3-8H2/b11-9-. The van der Waals surface area contributed by atoms with Crippen molar-refractivity contribution in [1.29, 1.82) is 0 Å². The molecule has 0 aromatic rings. The average Bonchev–Trinajstić information content (AvgIpc) is 2.16. The van der Waals surface area contributed by atoms with Crippen molar-refractivity contribution >= 4 is 15.9 Å². The maximum atomic E-state index is 5.72. The minimum Gasteiger partial charge on any atom is -0.484 e. The Kier molecular flexibility index (Phi) is 5.21. The van der Waals surface area contributed by atoms with Gasteiger partial charge in [0.2, 0.25) is 0 Å². The number of hydrogen-bond donors (Lipinski definition) is 0. The van der Waals surface area contributed by atoms with Crippen LogP contribution in [0.1, 0.15) is 38.5 Å². The summed E-state index contributed by atoms with van der Waals surface area (Å²) in [6, 6.07) is 0. The highest BCUT2D eigenvalue weighted by Gasteiger charge is 2.14. The van der Waals surface area contributed by atoms with Crippen LogP contribution in [-0.4, -0.2) is 6.10 Å². The van der Waals surface area contributed by atoms with Gasteiger partial charge in [-0.05, 0) is 54.1 Å². The van der Waals surface area contributed by atoms with Gasteiger partial charge in [-0.3, -0.25) is 0 Å². The lowest BCUT2D eigenvalue weighted by molar-refractivity contribution is 0.100. The fourth-order valence-corrected chi connectivity index (χ4v) is 2.02. The van der Waals surface area contributed by atoms with E-state index in [4.69, 9.17) is 4.74 Å². The molecule has 1 fully saturated rings. The van der Waals surface area contributed by atoms with Crippen LogP contribution in [0.5, 0.6) is 0 Å². The molecule has 0 saturated heterocycles. The van der Waals surface area contributed by atoms with Gasteiger partial charge in [-0.1, -0.05) is 12.5 Å². The first kappa shape index (κ1) is 10.8. The molecule has 1 saturated carbocycles. The van der Waals surface area contributed by atoms with Gasteiger partial charge in [0, 0.05) is 0 Å². The highest BCUT2D eigenvalue weighted by Crippen LogP contribution is 2.24. The van der Waals surface area contributed by atoms with Gasteiger partial charge < -0.3 is 4.74 Å². The van der Waals surface area contributed by atoms with E-state index >= 15 is 0 Å². The highest BCUT2D eigenvalue weighted by atomic mass is 79.9. The number of hydrogen-bond acceptors (Lipinski definition) is 1. The van der Waals surface area contributed by atoms with Crippen LogP contribution in [0.25, 0.3) is 0 Å². The van der Waals surface area contributed by atoms with Crippen LogP contribution >= 0.6 is 15.9 Å². The summed E-state index contributed by atoms with van der Waals surface area (Å²) in [6.07, 6.45) is 11.6. The van der Waals surface area contributed by atoms with E-state index < -0.39 is 0 Å². The zero-order chi connectivity index (χ0) is 9.52. The predicted octanol–water partition coefficient (Wildman–Crippen LogP) is 4.15. The quantitative estimate of drug-likeness (QED) is 0.534. The molecule has 0 bridgehead atoms. The van der Waals surface area contributed by atoms with E-state index in [2.05, 4.69) is 22.5 Å². The molecular formula is C11H17BrO. The third kappa shape index (κ3) is 4.51. The van der Waals surface area contributed by atoms with E-state index in [9.17, 15) is 0 Å². The Labute approximate surface area is 89.0 Å². The summed E-state index contributed by atoms with van der Waals surface area (Å²) >= 11 is 3.41. The van der Waals surface area contributed by atoms with Crippen molar-refractivity contribution in [3.05, 3.63) is 23.4 Å². The molecular weight excluding hydrogens is 228 g/mol. The van der Waals surface area contributed by atoms with E-state index in [-0.39, 0.29) is 0 Å². The first-order valence-corrected chi connectivity index (χ1v) is 5.75.